The van der Waals surface area contributed by atoms with Gasteiger partial charge in [0, 0.05) is 0 Å². The predicted molar refractivity (Wildman–Crippen MR) is 62.0 cm³/mol. The molecule has 0 aliphatic heterocycles. The van der Waals surface area contributed by atoms with E-state index in [0.717, 1.165) is 6.54 Å². The lowest BCUT2D eigenvalue weighted by atomic mass is 10.1. The Balaban J connectivity index is 2.15. The summed E-state index contributed by atoms with van der Waals surface area (Å²) in [7, 11) is 0. The van der Waals surface area contributed by atoms with Crippen LogP contribution in [0, 0.1) is 0 Å². The molecule has 3 nitrogen and oxygen atoms in total. The van der Waals surface area contributed by atoms with Crippen molar-refractivity contribution in [2.24, 2.45) is 0 Å². The van der Waals surface area contributed by atoms with E-state index in [1.807, 2.05) is 6.92 Å². The van der Waals surface area contributed by atoms with Gasteiger partial charge in [-0.3, -0.25) is 0 Å². The van der Waals surface area contributed by atoms with Crippen molar-refractivity contribution >= 4 is 0 Å². The third-order valence-electron chi connectivity index (χ3n) is 3.05. The van der Waals surface area contributed by atoms with Crippen LogP contribution >= 0.6 is 0 Å². The monoisotopic (exact) mass is 215 g/mol. The Morgan fingerprint density at radius 2 is 1.93 bits per heavy atom. The second-order valence-electron chi connectivity index (χ2n) is 4.38. The van der Waals surface area contributed by atoms with E-state index in [1.165, 1.54) is 38.5 Å². The second kappa shape index (κ2) is 8.08. The lowest BCUT2D eigenvalue weighted by Gasteiger charge is -2.20. The molecule has 0 aromatic carbocycles. The minimum Gasteiger partial charge on any atom is -0.395 e. The van der Waals surface area contributed by atoms with Gasteiger partial charge in [-0.15, -0.1) is 0 Å². The van der Waals surface area contributed by atoms with Gasteiger partial charge in [-0.1, -0.05) is 32.6 Å². The van der Waals surface area contributed by atoms with Crippen LogP contribution in [0.15, 0.2) is 0 Å². The summed E-state index contributed by atoms with van der Waals surface area (Å²) in [6.45, 7) is 3.75. The van der Waals surface area contributed by atoms with Crippen LogP contribution in [0.25, 0.3) is 0 Å². The highest BCUT2D eigenvalue weighted by Gasteiger charge is 2.14. The van der Waals surface area contributed by atoms with Gasteiger partial charge in [0.15, 0.2) is 0 Å². The third-order valence-corrected chi connectivity index (χ3v) is 3.05. The molecule has 0 saturated heterocycles. The molecule has 2 N–H and O–H groups in total. The summed E-state index contributed by atoms with van der Waals surface area (Å²) in [5.74, 6) is 0. The molecule has 0 bridgehead atoms. The van der Waals surface area contributed by atoms with Crippen molar-refractivity contribution in [3.63, 3.8) is 0 Å². The fourth-order valence-electron chi connectivity index (χ4n) is 2.13. The SMILES string of the molecule is CCNC(CO)COC1CCCCCC1. The van der Waals surface area contributed by atoms with Gasteiger partial charge < -0.3 is 15.2 Å². The Labute approximate surface area is 93.2 Å². The molecule has 15 heavy (non-hydrogen) atoms. The van der Waals surface area contributed by atoms with Crippen molar-refractivity contribution in [1.82, 2.24) is 5.32 Å². The predicted octanol–water partition coefficient (Wildman–Crippen LogP) is 1.70. The molecule has 1 rings (SSSR count). The number of aliphatic hydroxyl groups is 1. The first kappa shape index (κ1) is 12.9. The fraction of sp³-hybridized carbons (Fsp3) is 1.00. The van der Waals surface area contributed by atoms with Crippen molar-refractivity contribution in [1.29, 1.82) is 0 Å². The Morgan fingerprint density at radius 3 is 2.47 bits per heavy atom. The zero-order valence-electron chi connectivity index (χ0n) is 9.87. The third kappa shape index (κ3) is 5.50. The van der Waals surface area contributed by atoms with Gasteiger partial charge in [0.1, 0.15) is 0 Å². The van der Waals surface area contributed by atoms with Crippen LogP contribution in [0.4, 0.5) is 0 Å². The van der Waals surface area contributed by atoms with E-state index in [1.54, 1.807) is 0 Å². The molecule has 0 aromatic rings. The molecule has 0 heterocycles. The molecular weight excluding hydrogens is 190 g/mol. The van der Waals surface area contributed by atoms with E-state index in [0.29, 0.717) is 12.7 Å². The summed E-state index contributed by atoms with van der Waals surface area (Å²) >= 11 is 0. The fourth-order valence-corrected chi connectivity index (χ4v) is 2.13. The van der Waals surface area contributed by atoms with Crippen molar-refractivity contribution in [3.8, 4) is 0 Å². The van der Waals surface area contributed by atoms with E-state index >= 15 is 0 Å². The van der Waals surface area contributed by atoms with Crippen LogP contribution in [0.5, 0.6) is 0 Å². The van der Waals surface area contributed by atoms with Crippen LogP contribution in [0.1, 0.15) is 45.4 Å². The van der Waals surface area contributed by atoms with Gasteiger partial charge in [0.25, 0.3) is 0 Å². The van der Waals surface area contributed by atoms with Crippen molar-refractivity contribution in [2.45, 2.75) is 57.6 Å². The van der Waals surface area contributed by atoms with E-state index < -0.39 is 0 Å². The van der Waals surface area contributed by atoms with Crippen molar-refractivity contribution in [3.05, 3.63) is 0 Å². The highest BCUT2D eigenvalue weighted by molar-refractivity contribution is 4.68. The summed E-state index contributed by atoms with van der Waals surface area (Å²) in [5, 5.41) is 12.3. The summed E-state index contributed by atoms with van der Waals surface area (Å²) in [5.41, 5.74) is 0. The van der Waals surface area contributed by atoms with Gasteiger partial charge >= 0.3 is 0 Å². The Morgan fingerprint density at radius 1 is 1.27 bits per heavy atom. The van der Waals surface area contributed by atoms with Gasteiger partial charge in [-0.05, 0) is 19.4 Å². The molecule has 1 aliphatic carbocycles. The largest absolute Gasteiger partial charge is 0.395 e. The lowest BCUT2D eigenvalue weighted by molar-refractivity contribution is 0.0194. The molecular formula is C12H25NO2. The highest BCUT2D eigenvalue weighted by Crippen LogP contribution is 2.19. The molecule has 1 fully saturated rings. The Kier molecular flexibility index (Phi) is 6.98. The number of hydrogen-bond acceptors (Lipinski definition) is 3. The maximum Gasteiger partial charge on any atom is 0.0645 e. The van der Waals surface area contributed by atoms with Crippen LogP contribution < -0.4 is 5.32 Å². The summed E-state index contributed by atoms with van der Waals surface area (Å²) in [4.78, 5) is 0. The Bertz CT molecular complexity index is 145. The van der Waals surface area contributed by atoms with Gasteiger partial charge in [-0.2, -0.15) is 0 Å². The molecule has 3 heteroatoms. The summed E-state index contributed by atoms with van der Waals surface area (Å²) in [6, 6.07) is 0.109. The zero-order valence-corrected chi connectivity index (χ0v) is 9.87. The van der Waals surface area contributed by atoms with Crippen LogP contribution in [0.2, 0.25) is 0 Å². The first-order valence-corrected chi connectivity index (χ1v) is 6.32. The first-order chi connectivity index (χ1) is 7.36. The first-order valence-electron chi connectivity index (χ1n) is 6.32. The van der Waals surface area contributed by atoms with Crippen LogP contribution in [-0.2, 0) is 4.74 Å². The number of likely N-dealkylation sites (N-methyl/N-ethyl adjacent to an activating group) is 1. The minimum atomic E-state index is 0.109. The van der Waals surface area contributed by atoms with Gasteiger partial charge in [0.05, 0.1) is 25.4 Å². The molecule has 0 aromatic heterocycles. The van der Waals surface area contributed by atoms with Crippen LogP contribution in [0.3, 0.4) is 0 Å². The molecule has 1 saturated carbocycles. The smallest absolute Gasteiger partial charge is 0.0645 e. The molecule has 0 spiro atoms. The average Bonchev–Trinajstić information content (AvgIpc) is 2.52. The highest BCUT2D eigenvalue weighted by atomic mass is 16.5. The maximum atomic E-state index is 9.10. The van der Waals surface area contributed by atoms with E-state index in [9.17, 15) is 0 Å². The minimum absolute atomic E-state index is 0.109. The van der Waals surface area contributed by atoms with Crippen molar-refractivity contribution < 1.29 is 9.84 Å². The molecule has 1 aliphatic rings. The second-order valence-corrected chi connectivity index (χ2v) is 4.38. The van der Waals surface area contributed by atoms with Gasteiger partial charge in [-0.25, -0.2) is 0 Å². The van der Waals surface area contributed by atoms with E-state index in [2.05, 4.69) is 5.32 Å². The molecule has 0 amide bonds. The number of rotatable bonds is 6. The standard InChI is InChI=1S/C12H25NO2/c1-2-13-11(9-14)10-15-12-7-5-3-4-6-8-12/h11-14H,2-10H2,1H3. The summed E-state index contributed by atoms with van der Waals surface area (Å²) < 4.78 is 5.85. The zero-order chi connectivity index (χ0) is 10.9. The number of hydrogen-bond donors (Lipinski definition) is 2. The lowest BCUT2D eigenvalue weighted by Crippen LogP contribution is -2.37. The van der Waals surface area contributed by atoms with E-state index in [4.69, 9.17) is 9.84 Å². The Hall–Kier alpha value is -0.120. The summed E-state index contributed by atoms with van der Waals surface area (Å²) in [6.07, 6.45) is 8.15. The quantitative estimate of drug-likeness (QED) is 0.663. The molecule has 0 radical (unpaired) electrons. The topological polar surface area (TPSA) is 41.5 Å². The number of aliphatic hydroxyl groups excluding tert-OH is 1. The normalized spacial score (nSPS) is 21.2. The number of nitrogens with one attached hydrogen (secondary N) is 1. The molecule has 1 atom stereocenters. The average molecular weight is 215 g/mol. The number of ether oxygens (including phenoxy) is 1. The van der Waals surface area contributed by atoms with Crippen LogP contribution in [-0.4, -0.2) is 37.0 Å². The van der Waals surface area contributed by atoms with Gasteiger partial charge in [0.2, 0.25) is 0 Å². The maximum absolute atomic E-state index is 9.10. The molecule has 1 unspecified atom stereocenters. The van der Waals surface area contributed by atoms with E-state index in [-0.39, 0.29) is 12.6 Å². The molecule has 90 valence electrons. The van der Waals surface area contributed by atoms with Crippen molar-refractivity contribution in [2.75, 3.05) is 19.8 Å².